The Morgan fingerprint density at radius 3 is 2.52 bits per heavy atom. The molecular formula is C21H21ClF2N4O3. The van der Waals surface area contributed by atoms with Crippen molar-refractivity contribution in [3.63, 3.8) is 0 Å². The Labute approximate surface area is 182 Å². The maximum absolute atomic E-state index is 14.6. The number of urea groups is 1. The molecule has 1 saturated carbocycles. The third kappa shape index (κ3) is 4.14. The number of hydrogen-bond donors (Lipinski definition) is 3. The van der Waals surface area contributed by atoms with Gasteiger partial charge in [-0.2, -0.15) is 0 Å². The van der Waals surface area contributed by atoms with Crippen molar-refractivity contribution in [3.05, 3.63) is 57.9 Å². The molecule has 0 unspecified atom stereocenters. The standard InChI is InChI=1S/C21H21ClF2N4O3/c1-10-5-15(26-16(22)6-10)21(3-4-21)28-20(30)27-18-12(9-25-19(18)29)17-13(23)7-11(31-2)8-14(17)24/h5-8,12,18H,3-4,9H2,1-2H3,(H,25,29)(H2,27,28,30)/t12-,18-/m0/s1. The van der Waals surface area contributed by atoms with E-state index in [1.807, 2.05) is 13.0 Å². The molecule has 2 fully saturated rings. The second kappa shape index (κ2) is 7.96. The summed E-state index contributed by atoms with van der Waals surface area (Å²) in [6.07, 6.45) is 1.32. The smallest absolute Gasteiger partial charge is 0.316 e. The lowest BCUT2D eigenvalue weighted by Crippen LogP contribution is -2.50. The van der Waals surface area contributed by atoms with Crippen LogP contribution in [0.25, 0.3) is 0 Å². The predicted molar refractivity (Wildman–Crippen MR) is 109 cm³/mol. The molecule has 1 aliphatic carbocycles. The number of carbonyl (C=O) groups excluding carboxylic acids is 2. The number of carbonyl (C=O) groups is 2. The fourth-order valence-electron chi connectivity index (χ4n) is 3.92. The fourth-order valence-corrected chi connectivity index (χ4v) is 4.19. The Balaban J connectivity index is 1.53. The number of ether oxygens (including phenoxy) is 1. The van der Waals surface area contributed by atoms with Crippen molar-refractivity contribution in [1.29, 1.82) is 0 Å². The van der Waals surface area contributed by atoms with E-state index < -0.39 is 41.1 Å². The van der Waals surface area contributed by atoms with E-state index in [1.165, 1.54) is 7.11 Å². The van der Waals surface area contributed by atoms with E-state index in [-0.39, 0.29) is 17.9 Å². The first-order valence-corrected chi connectivity index (χ1v) is 10.1. The number of hydrogen-bond acceptors (Lipinski definition) is 4. The Morgan fingerprint density at radius 1 is 1.26 bits per heavy atom. The molecule has 164 valence electrons. The van der Waals surface area contributed by atoms with Gasteiger partial charge in [-0.05, 0) is 37.5 Å². The van der Waals surface area contributed by atoms with Gasteiger partial charge in [-0.25, -0.2) is 18.6 Å². The summed E-state index contributed by atoms with van der Waals surface area (Å²) < 4.78 is 34.0. The van der Waals surface area contributed by atoms with Crippen molar-refractivity contribution < 1.29 is 23.1 Å². The van der Waals surface area contributed by atoms with E-state index in [9.17, 15) is 18.4 Å². The molecule has 2 atom stereocenters. The highest BCUT2D eigenvalue weighted by atomic mass is 35.5. The molecule has 0 bridgehead atoms. The first-order chi connectivity index (χ1) is 14.7. The van der Waals surface area contributed by atoms with Gasteiger partial charge in [-0.3, -0.25) is 4.79 Å². The minimum Gasteiger partial charge on any atom is -0.497 e. The average Bonchev–Trinajstić information content (AvgIpc) is 3.39. The van der Waals surface area contributed by atoms with Crippen LogP contribution in [0.3, 0.4) is 0 Å². The second-order valence-corrected chi connectivity index (χ2v) is 8.25. The lowest BCUT2D eigenvalue weighted by atomic mass is 9.93. The van der Waals surface area contributed by atoms with Gasteiger partial charge in [0.15, 0.2) is 0 Å². The molecular weight excluding hydrogens is 430 g/mol. The highest BCUT2D eigenvalue weighted by Gasteiger charge is 2.48. The van der Waals surface area contributed by atoms with E-state index in [0.717, 1.165) is 17.7 Å². The summed E-state index contributed by atoms with van der Waals surface area (Å²) in [5, 5.41) is 8.29. The molecule has 1 aromatic carbocycles. The maximum Gasteiger partial charge on any atom is 0.316 e. The molecule has 10 heteroatoms. The largest absolute Gasteiger partial charge is 0.497 e. The highest BCUT2D eigenvalue weighted by Crippen LogP contribution is 2.45. The van der Waals surface area contributed by atoms with Crippen LogP contribution in [0.15, 0.2) is 24.3 Å². The van der Waals surface area contributed by atoms with Crippen molar-refractivity contribution in [2.45, 2.75) is 37.3 Å². The van der Waals surface area contributed by atoms with Gasteiger partial charge in [0.05, 0.1) is 18.3 Å². The monoisotopic (exact) mass is 450 g/mol. The summed E-state index contributed by atoms with van der Waals surface area (Å²) in [4.78, 5) is 29.3. The van der Waals surface area contributed by atoms with Crippen molar-refractivity contribution in [3.8, 4) is 5.75 Å². The van der Waals surface area contributed by atoms with Crippen molar-refractivity contribution in [1.82, 2.24) is 20.9 Å². The normalized spacial score (nSPS) is 21.4. The van der Waals surface area contributed by atoms with Crippen molar-refractivity contribution >= 4 is 23.5 Å². The molecule has 31 heavy (non-hydrogen) atoms. The van der Waals surface area contributed by atoms with Crippen LogP contribution in [0.4, 0.5) is 13.6 Å². The topological polar surface area (TPSA) is 92.4 Å². The van der Waals surface area contributed by atoms with E-state index in [0.29, 0.717) is 23.7 Å². The SMILES string of the molecule is COc1cc(F)c([C@@H]2CNC(=O)[C@H]2NC(=O)NC2(c3cc(C)cc(Cl)n3)CC2)c(F)c1. The van der Waals surface area contributed by atoms with Gasteiger partial charge < -0.3 is 20.7 Å². The van der Waals surface area contributed by atoms with Gasteiger partial charge in [0.25, 0.3) is 0 Å². The molecule has 3 amide bonds. The van der Waals surface area contributed by atoms with E-state index in [1.54, 1.807) is 6.07 Å². The zero-order chi connectivity index (χ0) is 22.3. The van der Waals surface area contributed by atoms with E-state index >= 15 is 0 Å². The minimum absolute atomic E-state index is 0.00979. The predicted octanol–water partition coefficient (Wildman–Crippen LogP) is 2.90. The van der Waals surface area contributed by atoms with Gasteiger partial charge in [0, 0.05) is 30.2 Å². The number of aryl methyl sites for hydroxylation is 1. The molecule has 2 heterocycles. The third-order valence-corrected chi connectivity index (χ3v) is 5.85. The van der Waals surface area contributed by atoms with Crippen LogP contribution in [0.1, 0.15) is 35.6 Å². The summed E-state index contributed by atoms with van der Waals surface area (Å²) in [5.74, 6) is -3.09. The molecule has 0 radical (unpaired) electrons. The molecule has 3 N–H and O–H groups in total. The summed E-state index contributed by atoms with van der Waals surface area (Å²) in [7, 11) is 1.30. The average molecular weight is 451 g/mol. The van der Waals surface area contributed by atoms with Gasteiger partial charge >= 0.3 is 6.03 Å². The lowest BCUT2D eigenvalue weighted by molar-refractivity contribution is -0.120. The number of rotatable bonds is 5. The second-order valence-electron chi connectivity index (χ2n) is 7.87. The molecule has 2 aromatic rings. The van der Waals surface area contributed by atoms with Crippen LogP contribution in [0.2, 0.25) is 5.15 Å². The Morgan fingerprint density at radius 2 is 1.94 bits per heavy atom. The molecule has 0 spiro atoms. The van der Waals surface area contributed by atoms with Crippen LogP contribution >= 0.6 is 11.6 Å². The Bertz CT molecular complexity index is 1020. The van der Waals surface area contributed by atoms with Crippen molar-refractivity contribution in [2.24, 2.45) is 0 Å². The van der Waals surface area contributed by atoms with E-state index in [4.69, 9.17) is 16.3 Å². The minimum atomic E-state index is -1.14. The zero-order valence-electron chi connectivity index (χ0n) is 16.9. The number of pyridine rings is 1. The molecule has 1 saturated heterocycles. The number of benzene rings is 1. The summed E-state index contributed by atoms with van der Waals surface area (Å²) >= 11 is 6.04. The summed E-state index contributed by atoms with van der Waals surface area (Å²) in [6.45, 7) is 1.86. The maximum atomic E-state index is 14.6. The highest BCUT2D eigenvalue weighted by molar-refractivity contribution is 6.29. The number of methoxy groups -OCH3 is 1. The van der Waals surface area contributed by atoms with Gasteiger partial charge in [0.1, 0.15) is 28.6 Å². The first-order valence-electron chi connectivity index (χ1n) is 9.76. The number of nitrogens with one attached hydrogen (secondary N) is 3. The summed E-state index contributed by atoms with van der Waals surface area (Å²) in [5.41, 5.74) is 0.579. The number of halogens is 3. The van der Waals surface area contributed by atoms with Crippen LogP contribution in [-0.2, 0) is 10.3 Å². The fraction of sp³-hybridized carbons (Fsp3) is 0.381. The van der Waals surface area contributed by atoms with Crippen LogP contribution < -0.4 is 20.7 Å². The first kappa shape index (κ1) is 21.3. The van der Waals surface area contributed by atoms with Gasteiger partial charge in [0.2, 0.25) is 5.91 Å². The lowest BCUT2D eigenvalue weighted by Gasteiger charge is -2.23. The molecule has 2 aliphatic rings. The third-order valence-electron chi connectivity index (χ3n) is 5.66. The van der Waals surface area contributed by atoms with Crippen LogP contribution in [-0.4, -0.2) is 36.6 Å². The Hall–Kier alpha value is -2.94. The number of aromatic nitrogens is 1. The van der Waals surface area contributed by atoms with Gasteiger partial charge in [-0.1, -0.05) is 11.6 Å². The Kier molecular flexibility index (Phi) is 5.47. The molecule has 4 rings (SSSR count). The van der Waals surface area contributed by atoms with E-state index in [2.05, 4.69) is 20.9 Å². The molecule has 1 aliphatic heterocycles. The summed E-state index contributed by atoms with van der Waals surface area (Å²) in [6, 6.07) is 3.88. The van der Waals surface area contributed by atoms with Crippen LogP contribution in [0, 0.1) is 18.6 Å². The van der Waals surface area contributed by atoms with Crippen LogP contribution in [0.5, 0.6) is 5.75 Å². The number of nitrogens with zero attached hydrogens (tertiary/aromatic N) is 1. The van der Waals surface area contributed by atoms with Gasteiger partial charge in [-0.15, -0.1) is 0 Å². The number of amides is 3. The molecule has 7 nitrogen and oxygen atoms in total. The molecule has 1 aromatic heterocycles. The van der Waals surface area contributed by atoms with Crippen molar-refractivity contribution in [2.75, 3.05) is 13.7 Å². The zero-order valence-corrected chi connectivity index (χ0v) is 17.6. The quantitative estimate of drug-likeness (QED) is 0.611.